The molecule has 0 aliphatic rings. The van der Waals surface area contributed by atoms with Crippen molar-refractivity contribution < 1.29 is 4.39 Å². The van der Waals surface area contributed by atoms with Gasteiger partial charge in [-0.1, -0.05) is 12.1 Å². The first kappa shape index (κ1) is 10.5. The zero-order valence-corrected chi connectivity index (χ0v) is 8.27. The van der Waals surface area contributed by atoms with Crippen LogP contribution in [0.4, 0.5) is 4.39 Å². The Morgan fingerprint density at radius 2 is 2.08 bits per heavy atom. The van der Waals surface area contributed by atoms with E-state index in [4.69, 9.17) is 5.84 Å². The molecule has 0 amide bonds. The second-order valence-corrected chi connectivity index (χ2v) is 3.64. The molecule has 1 rings (SSSR count). The van der Waals surface area contributed by atoms with E-state index in [2.05, 4.69) is 5.43 Å². The third-order valence-electron chi connectivity index (χ3n) is 1.81. The summed E-state index contributed by atoms with van der Waals surface area (Å²) < 4.78 is 12.6. The predicted molar refractivity (Wildman–Crippen MR) is 54.8 cm³/mol. The molecular weight excluding hydrogens is 187 g/mol. The zero-order chi connectivity index (χ0) is 9.68. The van der Waals surface area contributed by atoms with E-state index >= 15 is 0 Å². The van der Waals surface area contributed by atoms with Gasteiger partial charge >= 0.3 is 0 Å². The molecule has 0 saturated carbocycles. The number of hydrazine groups is 1. The molecule has 3 N–H and O–H groups in total. The van der Waals surface area contributed by atoms with Gasteiger partial charge in [-0.15, -0.1) is 0 Å². The molecule has 2 nitrogen and oxygen atoms in total. The number of halogens is 1. The second-order valence-electron chi connectivity index (χ2n) is 2.73. The maximum absolute atomic E-state index is 12.6. The minimum absolute atomic E-state index is 0.0931. The van der Waals surface area contributed by atoms with Crippen LogP contribution in [0.15, 0.2) is 24.3 Å². The Hall–Kier alpha value is -0.580. The highest BCUT2D eigenvalue weighted by Gasteiger charge is 2.07. The molecule has 0 radical (unpaired) electrons. The minimum Gasteiger partial charge on any atom is -0.271 e. The SMILES string of the molecule is CSCC(NN)c1ccc(F)cc1. The van der Waals surface area contributed by atoms with E-state index in [1.165, 1.54) is 12.1 Å². The van der Waals surface area contributed by atoms with Crippen LogP contribution in [0.3, 0.4) is 0 Å². The fraction of sp³-hybridized carbons (Fsp3) is 0.333. The van der Waals surface area contributed by atoms with Crippen molar-refractivity contribution in [3.05, 3.63) is 35.6 Å². The Balaban J connectivity index is 2.73. The van der Waals surface area contributed by atoms with Gasteiger partial charge in [0.05, 0.1) is 6.04 Å². The van der Waals surface area contributed by atoms with Gasteiger partial charge < -0.3 is 0 Å². The lowest BCUT2D eigenvalue weighted by Gasteiger charge is -2.14. The van der Waals surface area contributed by atoms with E-state index in [0.29, 0.717) is 0 Å². The first-order valence-corrected chi connectivity index (χ1v) is 5.38. The highest BCUT2D eigenvalue weighted by atomic mass is 32.2. The summed E-state index contributed by atoms with van der Waals surface area (Å²) in [5.41, 5.74) is 3.71. The Kier molecular flexibility index (Phi) is 4.21. The molecule has 0 aliphatic carbocycles. The Labute approximate surface area is 81.7 Å². The van der Waals surface area contributed by atoms with E-state index in [1.807, 2.05) is 6.26 Å². The molecule has 72 valence electrons. The second kappa shape index (κ2) is 5.21. The van der Waals surface area contributed by atoms with Crippen LogP contribution in [0.1, 0.15) is 11.6 Å². The highest BCUT2D eigenvalue weighted by molar-refractivity contribution is 7.98. The average Bonchev–Trinajstić information content (AvgIpc) is 2.16. The lowest BCUT2D eigenvalue weighted by molar-refractivity contribution is 0.601. The molecule has 13 heavy (non-hydrogen) atoms. The predicted octanol–water partition coefficient (Wildman–Crippen LogP) is 1.69. The Bertz CT molecular complexity index is 250. The molecule has 1 aromatic carbocycles. The van der Waals surface area contributed by atoms with Gasteiger partial charge in [0.1, 0.15) is 5.82 Å². The van der Waals surface area contributed by atoms with Crippen LogP contribution in [0.25, 0.3) is 0 Å². The Morgan fingerprint density at radius 3 is 2.54 bits per heavy atom. The van der Waals surface area contributed by atoms with Crippen molar-refractivity contribution in [3.63, 3.8) is 0 Å². The first-order valence-electron chi connectivity index (χ1n) is 3.98. The molecule has 0 heterocycles. The van der Waals surface area contributed by atoms with Crippen molar-refractivity contribution in [2.24, 2.45) is 5.84 Å². The molecule has 0 aliphatic heterocycles. The van der Waals surface area contributed by atoms with Crippen LogP contribution in [-0.2, 0) is 0 Å². The van der Waals surface area contributed by atoms with Gasteiger partial charge in [-0.3, -0.25) is 11.3 Å². The minimum atomic E-state index is -0.219. The maximum Gasteiger partial charge on any atom is 0.123 e. The topological polar surface area (TPSA) is 38.0 Å². The van der Waals surface area contributed by atoms with Crippen molar-refractivity contribution in [1.29, 1.82) is 0 Å². The summed E-state index contributed by atoms with van der Waals surface area (Å²) in [6, 6.07) is 6.47. The summed E-state index contributed by atoms with van der Waals surface area (Å²) in [5, 5.41) is 0. The van der Waals surface area contributed by atoms with Crippen LogP contribution < -0.4 is 11.3 Å². The summed E-state index contributed by atoms with van der Waals surface area (Å²) in [5.74, 6) is 6.03. The molecule has 0 fully saturated rings. The van der Waals surface area contributed by atoms with Gasteiger partial charge in [-0.05, 0) is 24.0 Å². The van der Waals surface area contributed by atoms with Crippen LogP contribution in [0.5, 0.6) is 0 Å². The number of nitrogens with one attached hydrogen (secondary N) is 1. The number of nitrogens with two attached hydrogens (primary N) is 1. The van der Waals surface area contributed by atoms with Gasteiger partial charge in [-0.2, -0.15) is 11.8 Å². The maximum atomic E-state index is 12.6. The van der Waals surface area contributed by atoms with E-state index in [1.54, 1.807) is 23.9 Å². The zero-order valence-electron chi connectivity index (χ0n) is 7.46. The van der Waals surface area contributed by atoms with Crippen LogP contribution in [-0.4, -0.2) is 12.0 Å². The number of hydrogen-bond acceptors (Lipinski definition) is 3. The number of rotatable bonds is 4. The molecule has 1 aromatic rings. The standard InChI is InChI=1S/C9H13FN2S/c1-13-6-9(12-11)7-2-4-8(10)5-3-7/h2-5,9,12H,6,11H2,1H3. The van der Waals surface area contributed by atoms with Crippen LogP contribution in [0.2, 0.25) is 0 Å². The monoisotopic (exact) mass is 200 g/mol. The summed E-state index contributed by atoms with van der Waals surface area (Å²) in [7, 11) is 0. The Morgan fingerprint density at radius 1 is 1.46 bits per heavy atom. The van der Waals surface area contributed by atoms with Gasteiger partial charge in [0.15, 0.2) is 0 Å². The van der Waals surface area contributed by atoms with Gasteiger partial charge in [0, 0.05) is 5.75 Å². The van der Waals surface area contributed by atoms with E-state index in [-0.39, 0.29) is 11.9 Å². The molecule has 0 saturated heterocycles. The third kappa shape index (κ3) is 2.99. The van der Waals surface area contributed by atoms with Crippen molar-refractivity contribution in [3.8, 4) is 0 Å². The lowest BCUT2D eigenvalue weighted by Crippen LogP contribution is -2.29. The smallest absolute Gasteiger partial charge is 0.123 e. The quantitative estimate of drug-likeness (QED) is 0.574. The van der Waals surface area contributed by atoms with Crippen molar-refractivity contribution in [2.45, 2.75) is 6.04 Å². The summed E-state index contributed by atoms with van der Waals surface area (Å²) in [4.78, 5) is 0. The fourth-order valence-corrected chi connectivity index (χ4v) is 1.72. The number of hydrogen-bond donors (Lipinski definition) is 2. The van der Waals surface area contributed by atoms with E-state index in [9.17, 15) is 4.39 Å². The number of thioether (sulfide) groups is 1. The van der Waals surface area contributed by atoms with Gasteiger partial charge in [0.25, 0.3) is 0 Å². The first-order chi connectivity index (χ1) is 6.27. The summed E-state index contributed by atoms with van der Waals surface area (Å²) in [6.45, 7) is 0. The molecule has 0 bridgehead atoms. The molecule has 4 heteroatoms. The van der Waals surface area contributed by atoms with E-state index in [0.717, 1.165) is 11.3 Å². The van der Waals surface area contributed by atoms with Crippen molar-refractivity contribution in [2.75, 3.05) is 12.0 Å². The molecule has 1 unspecified atom stereocenters. The normalized spacial score (nSPS) is 12.8. The van der Waals surface area contributed by atoms with Crippen molar-refractivity contribution in [1.82, 2.24) is 5.43 Å². The molecule has 0 spiro atoms. The average molecular weight is 200 g/mol. The summed E-state index contributed by atoms with van der Waals surface area (Å²) in [6.07, 6.45) is 2.01. The third-order valence-corrected chi connectivity index (χ3v) is 2.47. The molecular formula is C9H13FN2S. The number of benzene rings is 1. The molecule has 1 atom stereocenters. The summed E-state index contributed by atoms with van der Waals surface area (Å²) >= 11 is 1.70. The van der Waals surface area contributed by atoms with Crippen LogP contribution in [0, 0.1) is 5.82 Å². The van der Waals surface area contributed by atoms with Gasteiger partial charge in [0.2, 0.25) is 0 Å². The van der Waals surface area contributed by atoms with Crippen molar-refractivity contribution >= 4 is 11.8 Å². The highest BCUT2D eigenvalue weighted by Crippen LogP contribution is 2.16. The van der Waals surface area contributed by atoms with Crippen LogP contribution >= 0.6 is 11.8 Å². The lowest BCUT2D eigenvalue weighted by atomic mass is 10.1. The molecule has 0 aromatic heterocycles. The van der Waals surface area contributed by atoms with E-state index < -0.39 is 0 Å². The fourth-order valence-electron chi connectivity index (χ4n) is 1.10. The largest absolute Gasteiger partial charge is 0.271 e. The van der Waals surface area contributed by atoms with Gasteiger partial charge in [-0.25, -0.2) is 4.39 Å².